The van der Waals surface area contributed by atoms with Crippen LogP contribution < -0.4 is 10.6 Å². The summed E-state index contributed by atoms with van der Waals surface area (Å²) in [7, 11) is 0. The molecule has 1 aromatic rings. The maximum atomic E-state index is 11.6. The average molecular weight is 295 g/mol. The Kier molecular flexibility index (Phi) is 3.63. The van der Waals surface area contributed by atoms with Gasteiger partial charge in [-0.2, -0.15) is 0 Å². The molecule has 2 aliphatic heterocycles. The van der Waals surface area contributed by atoms with Gasteiger partial charge >= 0.3 is 0 Å². The number of nitrogens with one attached hydrogen (secondary N) is 2. The Labute approximate surface area is 121 Å². The second-order valence-electron chi connectivity index (χ2n) is 5.10. The summed E-state index contributed by atoms with van der Waals surface area (Å²) in [6, 6.07) is 5.49. The van der Waals surface area contributed by atoms with Crippen LogP contribution in [-0.2, 0) is 14.3 Å². The fraction of sp³-hybridized carbons (Fsp3) is 0.429. The third-order valence-corrected chi connectivity index (χ3v) is 4.22. The minimum Gasteiger partial charge on any atom is -0.381 e. The molecule has 1 saturated heterocycles. The van der Waals surface area contributed by atoms with E-state index in [4.69, 9.17) is 16.3 Å². The fourth-order valence-electron chi connectivity index (χ4n) is 2.54. The first kappa shape index (κ1) is 13.4. The number of carbonyl (C=O) groups excluding carboxylic acids is 2. The monoisotopic (exact) mass is 294 g/mol. The molecule has 0 radical (unpaired) electrons. The van der Waals surface area contributed by atoms with E-state index in [-0.39, 0.29) is 29.5 Å². The summed E-state index contributed by atoms with van der Waals surface area (Å²) < 4.78 is 5.35. The molecule has 2 heterocycles. The Bertz CT molecular complexity index is 555. The number of fused-ring (bicyclic) bond motifs is 1. The molecule has 20 heavy (non-hydrogen) atoms. The molecular formula is C14H15ClN2O3. The van der Waals surface area contributed by atoms with Crippen LogP contribution in [0, 0.1) is 5.92 Å². The second kappa shape index (κ2) is 5.42. The molecule has 1 fully saturated rings. The van der Waals surface area contributed by atoms with E-state index < -0.39 is 0 Å². The zero-order valence-electron chi connectivity index (χ0n) is 10.8. The maximum Gasteiger partial charge on any atom is 0.233 e. The molecule has 3 rings (SSSR count). The van der Waals surface area contributed by atoms with Crippen LogP contribution in [0.2, 0.25) is 0 Å². The smallest absolute Gasteiger partial charge is 0.233 e. The summed E-state index contributed by atoms with van der Waals surface area (Å²) >= 11 is 6.48. The van der Waals surface area contributed by atoms with E-state index in [1.54, 1.807) is 6.07 Å². The molecule has 1 aromatic carbocycles. The first-order valence-corrected chi connectivity index (χ1v) is 7.02. The average Bonchev–Trinajstić information content (AvgIpc) is 2.88. The van der Waals surface area contributed by atoms with Crippen molar-refractivity contribution in [3.8, 4) is 0 Å². The Hall–Kier alpha value is -1.59. The molecule has 0 spiro atoms. The van der Waals surface area contributed by atoms with E-state index in [1.807, 2.05) is 12.1 Å². The number of alkyl halides is 1. The number of ether oxygens (including phenoxy) is 1. The molecule has 0 aliphatic carbocycles. The van der Waals surface area contributed by atoms with E-state index in [9.17, 15) is 9.59 Å². The van der Waals surface area contributed by atoms with Crippen LogP contribution >= 0.6 is 11.6 Å². The molecule has 5 nitrogen and oxygen atoms in total. The molecule has 2 N–H and O–H groups in total. The fourth-order valence-corrected chi connectivity index (χ4v) is 2.87. The van der Waals surface area contributed by atoms with Gasteiger partial charge in [0.2, 0.25) is 11.8 Å². The first-order chi connectivity index (χ1) is 9.63. The number of carbonyl (C=O) groups is 2. The Morgan fingerprint density at radius 3 is 2.65 bits per heavy atom. The van der Waals surface area contributed by atoms with Crippen molar-refractivity contribution in [1.29, 1.82) is 0 Å². The number of hydrogen-bond donors (Lipinski definition) is 2. The van der Waals surface area contributed by atoms with Gasteiger partial charge in [-0.05, 0) is 24.1 Å². The highest BCUT2D eigenvalue weighted by Gasteiger charge is 2.26. The molecule has 2 aliphatic rings. The van der Waals surface area contributed by atoms with Crippen LogP contribution in [0.25, 0.3) is 0 Å². The second-order valence-corrected chi connectivity index (χ2v) is 5.57. The van der Waals surface area contributed by atoms with Gasteiger partial charge in [0.1, 0.15) is 6.42 Å². The summed E-state index contributed by atoms with van der Waals surface area (Å²) in [5, 5.41) is 5.27. The third-order valence-electron chi connectivity index (χ3n) is 3.61. The van der Waals surface area contributed by atoms with Crippen LogP contribution in [0.1, 0.15) is 23.8 Å². The minimum atomic E-state index is -0.311. The van der Waals surface area contributed by atoms with Crippen LogP contribution in [-0.4, -0.2) is 25.0 Å². The van der Waals surface area contributed by atoms with Gasteiger partial charge in [0.15, 0.2) is 0 Å². The van der Waals surface area contributed by atoms with Crippen molar-refractivity contribution in [2.24, 2.45) is 5.92 Å². The first-order valence-electron chi connectivity index (χ1n) is 6.59. The van der Waals surface area contributed by atoms with E-state index in [0.29, 0.717) is 18.0 Å². The summed E-state index contributed by atoms with van der Waals surface area (Å²) in [5.41, 5.74) is 2.14. The highest BCUT2D eigenvalue weighted by Crippen LogP contribution is 2.37. The Balaban J connectivity index is 1.88. The predicted molar refractivity (Wildman–Crippen MR) is 75.8 cm³/mol. The summed E-state index contributed by atoms with van der Waals surface area (Å²) in [4.78, 5) is 23.0. The number of hydrogen-bond acceptors (Lipinski definition) is 3. The molecule has 0 aromatic heterocycles. The van der Waals surface area contributed by atoms with Gasteiger partial charge in [-0.3, -0.25) is 9.59 Å². The van der Waals surface area contributed by atoms with Crippen LogP contribution in [0.3, 0.4) is 0 Å². The normalized spacial score (nSPS) is 23.6. The predicted octanol–water partition coefficient (Wildman–Crippen LogP) is 2.28. The Morgan fingerprint density at radius 1 is 1.20 bits per heavy atom. The summed E-state index contributed by atoms with van der Waals surface area (Å²) in [6.07, 6.45) is 0.777. The molecule has 2 atom stereocenters. The molecular weight excluding hydrogens is 280 g/mol. The quantitative estimate of drug-likeness (QED) is 0.649. The molecule has 2 amide bonds. The number of rotatable bonds is 2. The number of benzene rings is 1. The maximum absolute atomic E-state index is 11.6. The van der Waals surface area contributed by atoms with Gasteiger partial charge in [0.05, 0.1) is 23.4 Å². The van der Waals surface area contributed by atoms with E-state index in [2.05, 4.69) is 10.6 Å². The summed E-state index contributed by atoms with van der Waals surface area (Å²) in [6.45, 7) is 1.40. The van der Waals surface area contributed by atoms with Gasteiger partial charge in [-0.1, -0.05) is 6.07 Å². The lowest BCUT2D eigenvalue weighted by Gasteiger charge is -2.17. The topological polar surface area (TPSA) is 67.4 Å². The molecule has 106 valence electrons. The molecule has 0 bridgehead atoms. The molecule has 2 unspecified atom stereocenters. The van der Waals surface area contributed by atoms with Crippen molar-refractivity contribution < 1.29 is 14.3 Å². The molecule has 6 heteroatoms. The lowest BCUT2D eigenvalue weighted by atomic mass is 9.97. The van der Waals surface area contributed by atoms with Gasteiger partial charge in [0.25, 0.3) is 0 Å². The van der Waals surface area contributed by atoms with Crippen molar-refractivity contribution in [3.63, 3.8) is 0 Å². The standard InChI is InChI=1S/C14H15ClN2O3/c15-14(9-3-4-20-7-9)8-1-2-10-11(5-8)17-13(19)6-12(18)16-10/h1-2,5,9,14H,3-4,6-7H2,(H,16,18)(H,17,19). The van der Waals surface area contributed by atoms with Crippen molar-refractivity contribution in [3.05, 3.63) is 23.8 Å². The van der Waals surface area contributed by atoms with Crippen molar-refractivity contribution >= 4 is 34.8 Å². The number of anilines is 2. The SMILES string of the molecule is O=C1CC(=O)Nc2cc(C(Cl)C3CCOC3)ccc2N1. The zero-order chi connectivity index (χ0) is 14.1. The highest BCUT2D eigenvalue weighted by molar-refractivity contribution is 6.21. The molecule has 0 saturated carbocycles. The van der Waals surface area contributed by atoms with Crippen LogP contribution in [0.15, 0.2) is 18.2 Å². The third kappa shape index (κ3) is 2.64. The highest BCUT2D eigenvalue weighted by atomic mass is 35.5. The largest absolute Gasteiger partial charge is 0.381 e. The van der Waals surface area contributed by atoms with Gasteiger partial charge < -0.3 is 15.4 Å². The number of halogens is 1. The zero-order valence-corrected chi connectivity index (χ0v) is 11.6. The van der Waals surface area contributed by atoms with Crippen LogP contribution in [0.4, 0.5) is 11.4 Å². The Morgan fingerprint density at radius 2 is 1.95 bits per heavy atom. The van der Waals surface area contributed by atoms with Crippen molar-refractivity contribution in [1.82, 2.24) is 0 Å². The lowest BCUT2D eigenvalue weighted by Crippen LogP contribution is -2.16. The number of amides is 2. The van der Waals surface area contributed by atoms with Crippen molar-refractivity contribution in [2.75, 3.05) is 23.8 Å². The summed E-state index contributed by atoms with van der Waals surface area (Å²) in [5.74, 6) is -0.333. The van der Waals surface area contributed by atoms with Gasteiger partial charge in [-0.15, -0.1) is 11.6 Å². The van der Waals surface area contributed by atoms with Gasteiger partial charge in [-0.25, -0.2) is 0 Å². The minimum absolute atomic E-state index is 0.154. The lowest BCUT2D eigenvalue weighted by molar-refractivity contribution is -0.123. The van der Waals surface area contributed by atoms with Gasteiger partial charge in [0, 0.05) is 12.5 Å². The van der Waals surface area contributed by atoms with E-state index in [0.717, 1.165) is 18.6 Å². The van der Waals surface area contributed by atoms with Crippen molar-refractivity contribution in [2.45, 2.75) is 18.2 Å². The van der Waals surface area contributed by atoms with Crippen LogP contribution in [0.5, 0.6) is 0 Å². The van der Waals surface area contributed by atoms with E-state index >= 15 is 0 Å². The van der Waals surface area contributed by atoms with E-state index in [1.165, 1.54) is 0 Å².